The number of hydrogen-bond acceptors (Lipinski definition) is 1. The van der Waals surface area contributed by atoms with Gasteiger partial charge >= 0.3 is 0 Å². The molecule has 1 heterocycles. The molecule has 2 rings (SSSR count). The summed E-state index contributed by atoms with van der Waals surface area (Å²) in [6, 6.07) is 3.28. The Morgan fingerprint density at radius 1 is 1.35 bits per heavy atom. The fraction of sp³-hybridized carbons (Fsp3) is 0.500. The molecule has 1 fully saturated rings. The summed E-state index contributed by atoms with van der Waals surface area (Å²) in [5.74, 6) is -4.95. The Bertz CT molecular complexity index is 403. The molecule has 0 amide bonds. The lowest BCUT2D eigenvalue weighted by atomic mass is 9.88. The van der Waals surface area contributed by atoms with Crippen molar-refractivity contribution in [3.63, 3.8) is 0 Å². The summed E-state index contributed by atoms with van der Waals surface area (Å²) in [5.41, 5.74) is -0.598. The predicted octanol–water partition coefficient (Wildman–Crippen LogP) is 3.57. The highest BCUT2D eigenvalue weighted by Gasteiger charge is 2.43. The number of benzene rings is 1. The topological polar surface area (TPSA) is 12.0 Å². The van der Waals surface area contributed by atoms with Crippen LogP contribution in [0, 0.1) is 11.7 Å². The molecule has 1 saturated heterocycles. The first-order valence-electron chi connectivity index (χ1n) is 5.56. The number of alkyl halides is 2. The molecule has 1 aliphatic heterocycles. The van der Waals surface area contributed by atoms with Gasteiger partial charge in [-0.15, -0.1) is 0 Å². The van der Waals surface area contributed by atoms with E-state index >= 15 is 0 Å². The van der Waals surface area contributed by atoms with Crippen molar-refractivity contribution in [1.82, 2.24) is 5.32 Å². The van der Waals surface area contributed by atoms with Gasteiger partial charge in [0.1, 0.15) is 5.82 Å². The second kappa shape index (κ2) is 4.86. The minimum absolute atomic E-state index is 0.129. The third-order valence-electron chi connectivity index (χ3n) is 3.10. The van der Waals surface area contributed by atoms with Gasteiger partial charge in [-0.1, -0.05) is 11.6 Å². The first-order chi connectivity index (χ1) is 8.01. The number of nitrogens with one attached hydrogen (secondary N) is 1. The van der Waals surface area contributed by atoms with Crippen LogP contribution in [-0.4, -0.2) is 13.1 Å². The van der Waals surface area contributed by atoms with E-state index in [9.17, 15) is 13.2 Å². The molecule has 1 aromatic rings. The number of halogens is 4. The monoisotopic (exact) mass is 263 g/mol. The summed E-state index contributed by atoms with van der Waals surface area (Å²) in [6.45, 7) is 0.948. The third kappa shape index (κ3) is 2.58. The molecule has 0 bridgehead atoms. The van der Waals surface area contributed by atoms with Crippen LogP contribution < -0.4 is 5.32 Å². The van der Waals surface area contributed by atoms with E-state index in [1.165, 1.54) is 6.07 Å². The summed E-state index contributed by atoms with van der Waals surface area (Å²) in [4.78, 5) is 0. The van der Waals surface area contributed by atoms with E-state index < -0.39 is 23.2 Å². The molecular formula is C12H13ClF3N. The van der Waals surface area contributed by atoms with Crippen LogP contribution in [0.4, 0.5) is 13.2 Å². The van der Waals surface area contributed by atoms with E-state index in [-0.39, 0.29) is 11.6 Å². The van der Waals surface area contributed by atoms with E-state index in [0.29, 0.717) is 12.8 Å². The van der Waals surface area contributed by atoms with Gasteiger partial charge in [-0.2, -0.15) is 0 Å². The van der Waals surface area contributed by atoms with Gasteiger partial charge in [-0.3, -0.25) is 0 Å². The van der Waals surface area contributed by atoms with Crippen LogP contribution in [0.3, 0.4) is 0 Å². The van der Waals surface area contributed by atoms with Crippen LogP contribution in [0.2, 0.25) is 5.02 Å². The number of rotatable bonds is 2. The summed E-state index contributed by atoms with van der Waals surface area (Å²) in [7, 11) is 0. The maximum absolute atomic E-state index is 14.1. The standard InChI is InChI=1S/C12H13ClF3N/c13-9-3-4-11(14)10(6-9)12(15,16)8-2-1-5-17-7-8/h3-4,6,8,17H,1-2,5,7H2. The third-order valence-corrected chi connectivity index (χ3v) is 3.33. The Kier molecular flexibility index (Phi) is 3.64. The molecule has 0 aliphatic carbocycles. The van der Waals surface area contributed by atoms with E-state index in [4.69, 9.17) is 11.6 Å². The Morgan fingerprint density at radius 2 is 2.12 bits per heavy atom. The minimum Gasteiger partial charge on any atom is -0.316 e. The average molecular weight is 264 g/mol. The maximum Gasteiger partial charge on any atom is 0.280 e. The molecule has 17 heavy (non-hydrogen) atoms. The van der Waals surface area contributed by atoms with Gasteiger partial charge in [0.15, 0.2) is 0 Å². The minimum atomic E-state index is -3.18. The zero-order valence-electron chi connectivity index (χ0n) is 9.15. The second-order valence-electron chi connectivity index (χ2n) is 4.29. The summed E-state index contributed by atoms with van der Waals surface area (Å²) < 4.78 is 41.7. The van der Waals surface area contributed by atoms with Gasteiger partial charge in [0.25, 0.3) is 5.92 Å². The first kappa shape index (κ1) is 12.7. The van der Waals surface area contributed by atoms with Crippen molar-refractivity contribution in [2.24, 2.45) is 5.92 Å². The van der Waals surface area contributed by atoms with Crippen molar-refractivity contribution in [3.8, 4) is 0 Å². The lowest BCUT2D eigenvalue weighted by Crippen LogP contribution is -2.39. The zero-order chi connectivity index (χ0) is 12.5. The van der Waals surface area contributed by atoms with E-state index in [1.807, 2.05) is 0 Å². The molecule has 1 nitrogen and oxygen atoms in total. The van der Waals surface area contributed by atoms with Crippen molar-refractivity contribution in [1.29, 1.82) is 0 Å². The van der Waals surface area contributed by atoms with Gasteiger partial charge in [-0.05, 0) is 37.6 Å². The highest BCUT2D eigenvalue weighted by molar-refractivity contribution is 6.30. The predicted molar refractivity (Wildman–Crippen MR) is 60.9 cm³/mol. The van der Waals surface area contributed by atoms with Crippen molar-refractivity contribution >= 4 is 11.6 Å². The summed E-state index contributed by atoms with van der Waals surface area (Å²) in [5, 5.41) is 3.04. The molecule has 1 atom stereocenters. The lowest BCUT2D eigenvalue weighted by Gasteiger charge is -2.31. The van der Waals surface area contributed by atoms with Crippen LogP contribution in [0.25, 0.3) is 0 Å². The van der Waals surface area contributed by atoms with E-state index in [1.54, 1.807) is 0 Å². The van der Waals surface area contributed by atoms with Gasteiger partial charge in [0.05, 0.1) is 5.56 Å². The fourth-order valence-electron chi connectivity index (χ4n) is 2.13. The maximum atomic E-state index is 14.1. The smallest absolute Gasteiger partial charge is 0.280 e. The zero-order valence-corrected chi connectivity index (χ0v) is 9.91. The Morgan fingerprint density at radius 3 is 2.76 bits per heavy atom. The van der Waals surface area contributed by atoms with Crippen LogP contribution >= 0.6 is 11.6 Å². The van der Waals surface area contributed by atoms with E-state index in [2.05, 4.69) is 5.32 Å². The fourth-order valence-corrected chi connectivity index (χ4v) is 2.31. The Hall–Kier alpha value is -0.740. The van der Waals surface area contributed by atoms with Crippen molar-refractivity contribution in [2.45, 2.75) is 18.8 Å². The molecule has 0 spiro atoms. The van der Waals surface area contributed by atoms with Crippen LogP contribution in [0.1, 0.15) is 18.4 Å². The lowest BCUT2D eigenvalue weighted by molar-refractivity contribution is -0.0751. The summed E-state index contributed by atoms with van der Waals surface area (Å²) in [6.07, 6.45) is 1.08. The van der Waals surface area contributed by atoms with Gasteiger partial charge in [0, 0.05) is 17.5 Å². The quantitative estimate of drug-likeness (QED) is 0.860. The highest BCUT2D eigenvalue weighted by Crippen LogP contribution is 2.41. The SMILES string of the molecule is Fc1ccc(Cl)cc1C(F)(F)C1CCCNC1. The molecule has 1 aromatic carbocycles. The molecule has 0 radical (unpaired) electrons. The Balaban J connectivity index is 2.32. The van der Waals surface area contributed by atoms with Crippen LogP contribution in [-0.2, 0) is 5.92 Å². The number of piperidine rings is 1. The van der Waals surface area contributed by atoms with Crippen molar-refractivity contribution < 1.29 is 13.2 Å². The first-order valence-corrected chi connectivity index (χ1v) is 5.93. The Labute approximate surface area is 103 Å². The van der Waals surface area contributed by atoms with Gasteiger partial charge < -0.3 is 5.32 Å². The van der Waals surface area contributed by atoms with E-state index in [0.717, 1.165) is 18.7 Å². The highest BCUT2D eigenvalue weighted by atomic mass is 35.5. The summed E-state index contributed by atoms with van der Waals surface area (Å²) >= 11 is 5.65. The largest absolute Gasteiger partial charge is 0.316 e. The molecule has 0 aromatic heterocycles. The van der Waals surface area contributed by atoms with Crippen LogP contribution in [0.15, 0.2) is 18.2 Å². The average Bonchev–Trinajstić information content (AvgIpc) is 2.33. The number of hydrogen-bond donors (Lipinski definition) is 1. The molecule has 5 heteroatoms. The molecular weight excluding hydrogens is 251 g/mol. The van der Waals surface area contributed by atoms with Crippen molar-refractivity contribution in [3.05, 3.63) is 34.6 Å². The molecule has 0 saturated carbocycles. The normalized spacial score (nSPS) is 21.5. The van der Waals surface area contributed by atoms with Crippen molar-refractivity contribution in [2.75, 3.05) is 13.1 Å². The molecule has 1 unspecified atom stereocenters. The second-order valence-corrected chi connectivity index (χ2v) is 4.73. The molecule has 1 aliphatic rings. The van der Waals surface area contributed by atoms with Gasteiger partial charge in [0.2, 0.25) is 0 Å². The molecule has 94 valence electrons. The molecule has 1 N–H and O–H groups in total. The van der Waals surface area contributed by atoms with Crippen LogP contribution in [0.5, 0.6) is 0 Å². The van der Waals surface area contributed by atoms with Gasteiger partial charge in [-0.25, -0.2) is 13.2 Å².